The number of carbonyl (C=O) groups excluding carboxylic acids is 1. The van der Waals surface area contributed by atoms with Crippen molar-refractivity contribution in [3.63, 3.8) is 0 Å². The molecule has 1 saturated heterocycles. The number of anilines is 3. The van der Waals surface area contributed by atoms with E-state index in [1.165, 1.54) is 0 Å². The monoisotopic (exact) mass is 592 g/mol. The Morgan fingerprint density at radius 2 is 1.74 bits per heavy atom. The number of hydrogen-bond acceptors (Lipinski definition) is 9. The van der Waals surface area contributed by atoms with Crippen LogP contribution in [0.4, 0.5) is 17.3 Å². The Morgan fingerprint density at radius 3 is 2.63 bits per heavy atom. The van der Waals surface area contributed by atoms with Crippen molar-refractivity contribution in [2.24, 2.45) is 0 Å². The van der Waals surface area contributed by atoms with E-state index in [1.807, 2.05) is 78.9 Å². The number of benzene rings is 4. The van der Waals surface area contributed by atoms with E-state index in [0.29, 0.717) is 23.1 Å². The topological polar surface area (TPSA) is 101 Å². The highest BCUT2D eigenvalue weighted by molar-refractivity contribution is 7.97. The Bertz CT molecular complexity index is 1680. The van der Waals surface area contributed by atoms with Crippen LogP contribution in [0.15, 0.2) is 108 Å². The molecule has 0 radical (unpaired) electrons. The molecule has 0 atom stereocenters. The molecule has 0 bridgehead atoms. The number of fused-ring (bicyclic) bond motifs is 1. The van der Waals surface area contributed by atoms with Crippen molar-refractivity contribution in [1.82, 2.24) is 19.6 Å². The zero-order valence-electron chi connectivity index (χ0n) is 23.5. The average molecular weight is 593 g/mol. The summed E-state index contributed by atoms with van der Waals surface area (Å²) < 4.78 is 14.9. The number of hydrogen-bond donors (Lipinski definition) is 3. The van der Waals surface area contributed by atoms with Gasteiger partial charge in [0.1, 0.15) is 5.75 Å². The third-order valence-electron chi connectivity index (χ3n) is 6.89. The summed E-state index contributed by atoms with van der Waals surface area (Å²) in [6, 6.07) is 30.5. The SMILES string of the molecule is O=C(Nc1ccccc1)c1cccc2cc(Oc3ccnc(Nc4cccc(SNCCN5CCOCC5)c4)n3)ccc12. The number of para-hydroxylation sites is 1. The van der Waals surface area contributed by atoms with Crippen molar-refractivity contribution < 1.29 is 14.3 Å². The highest BCUT2D eigenvalue weighted by Crippen LogP contribution is 2.28. The van der Waals surface area contributed by atoms with Gasteiger partial charge in [-0.25, -0.2) is 4.98 Å². The highest BCUT2D eigenvalue weighted by atomic mass is 32.2. The zero-order chi connectivity index (χ0) is 29.3. The molecule has 1 fully saturated rings. The van der Waals surface area contributed by atoms with E-state index in [2.05, 4.69) is 42.4 Å². The first-order valence-corrected chi connectivity index (χ1v) is 15.0. The van der Waals surface area contributed by atoms with Gasteiger partial charge in [0.2, 0.25) is 11.8 Å². The molecule has 6 rings (SSSR count). The summed E-state index contributed by atoms with van der Waals surface area (Å²) in [4.78, 5) is 25.4. The maximum absolute atomic E-state index is 13.0. The summed E-state index contributed by atoms with van der Waals surface area (Å²) in [5.41, 5.74) is 2.22. The molecule has 5 aromatic rings. The quantitative estimate of drug-likeness (QED) is 0.120. The summed E-state index contributed by atoms with van der Waals surface area (Å²) in [5, 5.41) is 7.95. The molecular weight excluding hydrogens is 560 g/mol. The van der Waals surface area contributed by atoms with Gasteiger partial charge in [0.05, 0.1) is 13.2 Å². The van der Waals surface area contributed by atoms with Crippen LogP contribution >= 0.6 is 11.9 Å². The molecule has 10 heteroatoms. The Hall–Kier alpha value is -4.48. The smallest absolute Gasteiger partial charge is 0.256 e. The van der Waals surface area contributed by atoms with Gasteiger partial charge in [-0.2, -0.15) is 4.98 Å². The number of amides is 1. The Balaban J connectivity index is 1.07. The van der Waals surface area contributed by atoms with Gasteiger partial charge >= 0.3 is 0 Å². The molecule has 218 valence electrons. The lowest BCUT2D eigenvalue weighted by molar-refractivity contribution is 0.0391. The highest BCUT2D eigenvalue weighted by Gasteiger charge is 2.12. The standard InChI is InChI=1S/C33H32N6O3S/c40-32(36-25-7-2-1-3-8-25)30-11-4-6-24-22-27(12-13-29(24)30)42-31-14-15-34-33(38-31)37-26-9-5-10-28(23-26)43-35-16-17-39-18-20-41-21-19-39/h1-15,22-23,35H,16-21H2,(H,36,40)(H,34,37,38). The molecule has 1 aliphatic heterocycles. The van der Waals surface area contributed by atoms with Crippen LogP contribution < -0.4 is 20.1 Å². The number of morpholine rings is 1. The van der Waals surface area contributed by atoms with Crippen molar-refractivity contribution in [2.45, 2.75) is 4.90 Å². The van der Waals surface area contributed by atoms with Gasteiger partial charge in [0.15, 0.2) is 0 Å². The van der Waals surface area contributed by atoms with E-state index in [1.54, 1.807) is 24.2 Å². The van der Waals surface area contributed by atoms with Crippen molar-refractivity contribution in [3.05, 3.63) is 109 Å². The number of aromatic nitrogens is 2. The third kappa shape index (κ3) is 7.88. The lowest BCUT2D eigenvalue weighted by Crippen LogP contribution is -2.39. The second-order valence-corrected chi connectivity index (χ2v) is 10.9. The molecule has 0 aliphatic carbocycles. The molecule has 2 heterocycles. The number of nitrogens with one attached hydrogen (secondary N) is 3. The molecule has 1 aromatic heterocycles. The van der Waals surface area contributed by atoms with Gasteiger partial charge in [-0.3, -0.25) is 14.4 Å². The fourth-order valence-corrected chi connectivity index (χ4v) is 5.44. The van der Waals surface area contributed by atoms with E-state index in [9.17, 15) is 4.79 Å². The second kappa shape index (κ2) is 14.1. The van der Waals surface area contributed by atoms with E-state index in [-0.39, 0.29) is 5.91 Å². The molecule has 43 heavy (non-hydrogen) atoms. The molecule has 0 unspecified atom stereocenters. The van der Waals surface area contributed by atoms with E-state index in [0.717, 1.165) is 66.4 Å². The normalized spacial score (nSPS) is 13.5. The largest absolute Gasteiger partial charge is 0.439 e. The van der Waals surface area contributed by atoms with Crippen molar-refractivity contribution in [2.75, 3.05) is 50.0 Å². The maximum Gasteiger partial charge on any atom is 0.256 e. The fraction of sp³-hybridized carbons (Fsp3) is 0.182. The molecular formula is C33H32N6O3S. The average Bonchev–Trinajstić information content (AvgIpc) is 3.04. The summed E-state index contributed by atoms with van der Waals surface area (Å²) >= 11 is 1.60. The molecule has 3 N–H and O–H groups in total. The molecule has 1 aliphatic rings. The van der Waals surface area contributed by atoms with Gasteiger partial charge in [-0.15, -0.1) is 0 Å². The molecule has 0 spiro atoms. The van der Waals surface area contributed by atoms with Crippen molar-refractivity contribution in [3.8, 4) is 11.6 Å². The van der Waals surface area contributed by atoms with Crippen LogP contribution in [0.3, 0.4) is 0 Å². The van der Waals surface area contributed by atoms with Crippen molar-refractivity contribution in [1.29, 1.82) is 0 Å². The number of carbonyl (C=O) groups is 1. The number of nitrogens with zero attached hydrogens (tertiary/aromatic N) is 3. The molecule has 4 aromatic carbocycles. The van der Waals surface area contributed by atoms with E-state index in [4.69, 9.17) is 9.47 Å². The molecule has 0 saturated carbocycles. The minimum absolute atomic E-state index is 0.164. The third-order valence-corrected chi connectivity index (χ3v) is 7.73. The van der Waals surface area contributed by atoms with Crippen LogP contribution in [0.2, 0.25) is 0 Å². The maximum atomic E-state index is 13.0. The first-order chi connectivity index (χ1) is 21.2. The summed E-state index contributed by atoms with van der Waals surface area (Å²) in [5.74, 6) is 1.29. The lowest BCUT2D eigenvalue weighted by atomic mass is 10.0. The van der Waals surface area contributed by atoms with Crippen molar-refractivity contribution >= 4 is 46.0 Å². The van der Waals surface area contributed by atoms with Crippen LogP contribution in [-0.2, 0) is 4.74 Å². The van der Waals surface area contributed by atoms with E-state index < -0.39 is 0 Å². The second-order valence-electron chi connectivity index (χ2n) is 9.93. The van der Waals surface area contributed by atoms with Crippen LogP contribution in [0.5, 0.6) is 11.6 Å². The summed E-state index contributed by atoms with van der Waals surface area (Å²) in [6.07, 6.45) is 1.66. The Kier molecular flexibility index (Phi) is 9.41. The van der Waals surface area contributed by atoms with Gasteiger partial charge in [-0.05, 0) is 77.3 Å². The summed E-state index contributed by atoms with van der Waals surface area (Å²) in [6.45, 7) is 5.50. The lowest BCUT2D eigenvalue weighted by Gasteiger charge is -2.26. The van der Waals surface area contributed by atoms with Crippen LogP contribution in [0.1, 0.15) is 10.4 Å². The predicted octanol–water partition coefficient (Wildman–Crippen LogP) is 6.35. The minimum Gasteiger partial charge on any atom is -0.439 e. The number of ether oxygens (including phenoxy) is 2. The zero-order valence-corrected chi connectivity index (χ0v) is 24.3. The van der Waals surface area contributed by atoms with Crippen LogP contribution in [0.25, 0.3) is 10.8 Å². The summed E-state index contributed by atoms with van der Waals surface area (Å²) in [7, 11) is 0. The first-order valence-electron chi connectivity index (χ1n) is 14.2. The van der Waals surface area contributed by atoms with Gasteiger partial charge in [0, 0.05) is 60.3 Å². The van der Waals surface area contributed by atoms with E-state index >= 15 is 0 Å². The first kappa shape index (κ1) is 28.6. The predicted molar refractivity (Wildman–Crippen MR) is 171 cm³/mol. The minimum atomic E-state index is -0.164. The Morgan fingerprint density at radius 1 is 0.907 bits per heavy atom. The van der Waals surface area contributed by atoms with Gasteiger partial charge in [0.25, 0.3) is 5.91 Å². The van der Waals surface area contributed by atoms with Crippen LogP contribution in [0, 0.1) is 0 Å². The fourth-order valence-electron chi connectivity index (χ4n) is 4.75. The Labute approximate surface area is 254 Å². The van der Waals surface area contributed by atoms with Gasteiger partial charge < -0.3 is 20.1 Å². The van der Waals surface area contributed by atoms with Crippen LogP contribution in [-0.4, -0.2) is 60.2 Å². The van der Waals surface area contributed by atoms with Gasteiger partial charge in [-0.1, -0.05) is 36.4 Å². The number of rotatable bonds is 11. The molecule has 9 nitrogen and oxygen atoms in total. The molecule has 1 amide bonds.